The van der Waals surface area contributed by atoms with Gasteiger partial charge >= 0.3 is 0 Å². The van der Waals surface area contributed by atoms with Gasteiger partial charge in [-0.05, 0) is 49.7 Å². The number of benzene rings is 2. The fraction of sp³-hybridized carbons (Fsp3) is 0.294. The van der Waals surface area contributed by atoms with Gasteiger partial charge < -0.3 is 15.2 Å². The predicted molar refractivity (Wildman–Crippen MR) is 85.5 cm³/mol. The molecule has 3 nitrogen and oxygen atoms in total. The molecule has 0 atom stereocenters. The van der Waals surface area contributed by atoms with Crippen molar-refractivity contribution in [1.29, 1.82) is 0 Å². The number of nitrogens with two attached hydrogens (primary N) is 1. The maximum absolute atomic E-state index is 5.72. The summed E-state index contributed by atoms with van der Waals surface area (Å²) < 4.78 is 11.2. The van der Waals surface area contributed by atoms with E-state index in [4.69, 9.17) is 15.2 Å². The van der Waals surface area contributed by atoms with Crippen molar-refractivity contribution in [3.8, 4) is 11.5 Å². The van der Waals surface area contributed by atoms with E-state index in [1.54, 1.807) is 11.8 Å². The second-order valence-electron chi connectivity index (χ2n) is 5.06. The standard InChI is InChI=1S/C17H19NO2S/c1-12-2-5-17(13(10-12)6-7-18)21-14-3-4-15-16(11-14)20-9-8-19-15/h2-5,10-11H,6-9,18H2,1H3. The number of rotatable bonds is 4. The van der Waals surface area contributed by atoms with Crippen molar-refractivity contribution in [1.82, 2.24) is 0 Å². The van der Waals surface area contributed by atoms with Crippen LogP contribution in [0.2, 0.25) is 0 Å². The van der Waals surface area contributed by atoms with Crippen LogP contribution in [0.15, 0.2) is 46.2 Å². The summed E-state index contributed by atoms with van der Waals surface area (Å²) in [5, 5.41) is 0. The fourth-order valence-electron chi connectivity index (χ4n) is 2.37. The molecule has 0 amide bonds. The Balaban J connectivity index is 1.86. The van der Waals surface area contributed by atoms with E-state index in [1.165, 1.54) is 16.0 Å². The van der Waals surface area contributed by atoms with Crippen molar-refractivity contribution in [3.05, 3.63) is 47.5 Å². The van der Waals surface area contributed by atoms with E-state index in [1.807, 2.05) is 12.1 Å². The summed E-state index contributed by atoms with van der Waals surface area (Å²) in [6.45, 7) is 4.01. The number of aryl methyl sites for hydroxylation is 1. The first-order valence-corrected chi connectivity index (χ1v) is 7.95. The molecule has 21 heavy (non-hydrogen) atoms. The summed E-state index contributed by atoms with van der Waals surface area (Å²) in [4.78, 5) is 2.41. The van der Waals surface area contributed by atoms with E-state index < -0.39 is 0 Å². The van der Waals surface area contributed by atoms with Gasteiger partial charge in [0.15, 0.2) is 11.5 Å². The molecule has 2 aromatic rings. The van der Waals surface area contributed by atoms with Gasteiger partial charge in [0.2, 0.25) is 0 Å². The molecule has 0 bridgehead atoms. The van der Waals surface area contributed by atoms with Crippen LogP contribution in [0.1, 0.15) is 11.1 Å². The van der Waals surface area contributed by atoms with E-state index in [0.717, 1.165) is 22.8 Å². The SMILES string of the molecule is Cc1ccc(Sc2ccc3c(c2)OCCO3)c(CCN)c1. The van der Waals surface area contributed by atoms with Crippen molar-refractivity contribution >= 4 is 11.8 Å². The van der Waals surface area contributed by atoms with Gasteiger partial charge in [0, 0.05) is 9.79 Å². The lowest BCUT2D eigenvalue weighted by molar-refractivity contribution is 0.171. The monoisotopic (exact) mass is 301 g/mol. The predicted octanol–water partition coefficient (Wildman–Crippen LogP) is 3.42. The average Bonchev–Trinajstić information content (AvgIpc) is 2.50. The van der Waals surface area contributed by atoms with E-state index in [2.05, 4.69) is 31.2 Å². The highest BCUT2D eigenvalue weighted by Crippen LogP contribution is 2.38. The maximum Gasteiger partial charge on any atom is 0.162 e. The smallest absolute Gasteiger partial charge is 0.162 e. The van der Waals surface area contributed by atoms with Gasteiger partial charge in [-0.1, -0.05) is 29.5 Å². The third-order valence-electron chi connectivity index (χ3n) is 3.37. The summed E-state index contributed by atoms with van der Waals surface area (Å²) in [7, 11) is 0. The van der Waals surface area contributed by atoms with Crippen LogP contribution in [-0.2, 0) is 6.42 Å². The fourth-order valence-corrected chi connectivity index (χ4v) is 3.36. The van der Waals surface area contributed by atoms with E-state index in [-0.39, 0.29) is 0 Å². The molecular formula is C17H19NO2S. The lowest BCUT2D eigenvalue weighted by Crippen LogP contribution is -2.15. The third kappa shape index (κ3) is 3.34. The van der Waals surface area contributed by atoms with Crippen molar-refractivity contribution in [2.45, 2.75) is 23.1 Å². The zero-order valence-corrected chi connectivity index (χ0v) is 12.9. The first-order chi connectivity index (χ1) is 10.3. The molecule has 0 aliphatic carbocycles. The summed E-state index contributed by atoms with van der Waals surface area (Å²) >= 11 is 1.74. The average molecular weight is 301 g/mol. The molecule has 1 aliphatic rings. The van der Waals surface area contributed by atoms with Crippen LogP contribution in [0, 0.1) is 6.92 Å². The third-order valence-corrected chi connectivity index (χ3v) is 4.48. The molecule has 0 aromatic heterocycles. The van der Waals surface area contributed by atoms with Crippen LogP contribution in [0.3, 0.4) is 0 Å². The molecule has 0 fully saturated rings. The van der Waals surface area contributed by atoms with Gasteiger partial charge in [0.05, 0.1) is 0 Å². The van der Waals surface area contributed by atoms with Crippen molar-refractivity contribution < 1.29 is 9.47 Å². The minimum atomic E-state index is 0.615. The lowest BCUT2D eigenvalue weighted by Gasteiger charge is -2.19. The quantitative estimate of drug-likeness (QED) is 0.940. The number of ether oxygens (including phenoxy) is 2. The first kappa shape index (κ1) is 14.3. The van der Waals surface area contributed by atoms with Gasteiger partial charge in [-0.3, -0.25) is 0 Å². The van der Waals surface area contributed by atoms with Gasteiger partial charge in [-0.2, -0.15) is 0 Å². The Morgan fingerprint density at radius 2 is 1.86 bits per heavy atom. The van der Waals surface area contributed by atoms with E-state index in [9.17, 15) is 0 Å². The Hall–Kier alpha value is -1.65. The first-order valence-electron chi connectivity index (χ1n) is 7.13. The molecule has 0 saturated carbocycles. The zero-order chi connectivity index (χ0) is 14.7. The highest BCUT2D eigenvalue weighted by molar-refractivity contribution is 7.99. The molecule has 0 radical (unpaired) electrons. The van der Waals surface area contributed by atoms with Crippen LogP contribution >= 0.6 is 11.8 Å². The van der Waals surface area contributed by atoms with Crippen molar-refractivity contribution in [2.24, 2.45) is 5.73 Å². The Morgan fingerprint density at radius 1 is 1.05 bits per heavy atom. The Kier molecular flexibility index (Phi) is 4.36. The number of fused-ring (bicyclic) bond motifs is 1. The molecule has 1 heterocycles. The van der Waals surface area contributed by atoms with Crippen LogP contribution in [0.5, 0.6) is 11.5 Å². The molecular weight excluding hydrogens is 282 g/mol. The highest BCUT2D eigenvalue weighted by Gasteiger charge is 2.13. The Morgan fingerprint density at radius 3 is 2.67 bits per heavy atom. The summed E-state index contributed by atoms with van der Waals surface area (Å²) in [6.07, 6.45) is 0.897. The minimum absolute atomic E-state index is 0.615. The lowest BCUT2D eigenvalue weighted by atomic mass is 10.1. The van der Waals surface area contributed by atoms with Gasteiger partial charge in [0.25, 0.3) is 0 Å². The highest BCUT2D eigenvalue weighted by atomic mass is 32.2. The molecule has 0 unspecified atom stereocenters. The Bertz CT molecular complexity index is 643. The molecule has 2 aromatic carbocycles. The summed E-state index contributed by atoms with van der Waals surface area (Å²) in [6, 6.07) is 12.6. The molecule has 4 heteroatoms. The molecule has 0 saturated heterocycles. The largest absolute Gasteiger partial charge is 0.486 e. The Labute approximate surface area is 129 Å². The normalized spacial score (nSPS) is 13.2. The maximum atomic E-state index is 5.72. The summed E-state index contributed by atoms with van der Waals surface area (Å²) in [5.74, 6) is 1.66. The van der Waals surface area contributed by atoms with Crippen LogP contribution in [-0.4, -0.2) is 19.8 Å². The molecule has 0 spiro atoms. The molecule has 2 N–H and O–H groups in total. The van der Waals surface area contributed by atoms with Crippen molar-refractivity contribution in [3.63, 3.8) is 0 Å². The van der Waals surface area contributed by atoms with Crippen molar-refractivity contribution in [2.75, 3.05) is 19.8 Å². The van der Waals surface area contributed by atoms with Crippen LogP contribution in [0.25, 0.3) is 0 Å². The number of hydrogen-bond acceptors (Lipinski definition) is 4. The summed E-state index contributed by atoms with van der Waals surface area (Å²) in [5.41, 5.74) is 8.29. The topological polar surface area (TPSA) is 44.5 Å². The number of hydrogen-bond donors (Lipinski definition) is 1. The van der Waals surface area contributed by atoms with Crippen LogP contribution in [0.4, 0.5) is 0 Å². The van der Waals surface area contributed by atoms with Gasteiger partial charge in [-0.15, -0.1) is 0 Å². The van der Waals surface area contributed by atoms with Gasteiger partial charge in [-0.25, -0.2) is 0 Å². The molecule has 3 rings (SSSR count). The van der Waals surface area contributed by atoms with E-state index in [0.29, 0.717) is 19.8 Å². The molecule has 110 valence electrons. The second-order valence-corrected chi connectivity index (χ2v) is 6.17. The minimum Gasteiger partial charge on any atom is -0.486 e. The second kappa shape index (κ2) is 6.41. The van der Waals surface area contributed by atoms with Gasteiger partial charge in [0.1, 0.15) is 13.2 Å². The van der Waals surface area contributed by atoms with Crippen LogP contribution < -0.4 is 15.2 Å². The van der Waals surface area contributed by atoms with E-state index >= 15 is 0 Å². The molecule has 1 aliphatic heterocycles. The zero-order valence-electron chi connectivity index (χ0n) is 12.1.